The van der Waals surface area contributed by atoms with E-state index in [9.17, 15) is 4.79 Å². The third kappa shape index (κ3) is 10.3. The fraction of sp³-hybridized carbons (Fsp3) is 0.794. The average Bonchev–Trinajstić information content (AvgIpc) is 2.81. The van der Waals surface area contributed by atoms with Crippen molar-refractivity contribution in [1.29, 1.82) is 0 Å². The lowest BCUT2D eigenvalue weighted by atomic mass is 9.83. The number of ether oxygens (including phenoxy) is 2. The Labute approximate surface area is 229 Å². The Morgan fingerprint density at radius 1 is 0.865 bits per heavy atom. The summed E-state index contributed by atoms with van der Waals surface area (Å²) < 4.78 is 12.9. The molecule has 0 aliphatic carbocycles. The third-order valence-corrected chi connectivity index (χ3v) is 8.76. The highest BCUT2D eigenvalue weighted by Crippen LogP contribution is 2.45. The fourth-order valence-electron chi connectivity index (χ4n) is 5.97. The molecule has 0 radical (unpaired) electrons. The largest absolute Gasteiger partial charge is 0.493 e. The third-order valence-electron chi connectivity index (χ3n) is 8.76. The summed E-state index contributed by atoms with van der Waals surface area (Å²) in [5.74, 6) is 4.84. The quantitative estimate of drug-likeness (QED) is 0.194. The first-order valence-corrected chi connectivity index (χ1v) is 15.4. The fourth-order valence-corrected chi connectivity index (χ4v) is 5.97. The summed E-state index contributed by atoms with van der Waals surface area (Å²) in [6.07, 6.45) is 15.4. The minimum atomic E-state index is -0.0782. The van der Waals surface area contributed by atoms with E-state index >= 15 is 0 Å². The van der Waals surface area contributed by atoms with Gasteiger partial charge in [0.25, 0.3) is 0 Å². The first-order valence-electron chi connectivity index (χ1n) is 15.4. The van der Waals surface area contributed by atoms with Gasteiger partial charge in [0.1, 0.15) is 22.9 Å². The second kappa shape index (κ2) is 15.2. The van der Waals surface area contributed by atoms with Crippen molar-refractivity contribution in [2.75, 3.05) is 6.61 Å². The summed E-state index contributed by atoms with van der Waals surface area (Å²) in [4.78, 5) is 11.3. The van der Waals surface area contributed by atoms with Gasteiger partial charge in [-0.3, -0.25) is 0 Å². The Bertz CT molecular complexity index is 855. The number of hydrogen-bond acceptors (Lipinski definition) is 3. The summed E-state index contributed by atoms with van der Waals surface area (Å²) in [6.45, 7) is 20.6. The van der Waals surface area contributed by atoms with E-state index in [4.69, 9.17) is 9.47 Å². The summed E-state index contributed by atoms with van der Waals surface area (Å²) in [7, 11) is 0. The van der Waals surface area contributed by atoms with Gasteiger partial charge in [0.2, 0.25) is 0 Å². The second-order valence-corrected chi connectivity index (χ2v) is 13.1. The molecule has 1 aliphatic heterocycles. The van der Waals surface area contributed by atoms with Crippen molar-refractivity contribution in [3.63, 3.8) is 0 Å². The van der Waals surface area contributed by atoms with Crippen molar-refractivity contribution in [2.45, 2.75) is 151 Å². The smallest absolute Gasteiger partial charge is 0.129 e. The molecule has 1 aromatic carbocycles. The van der Waals surface area contributed by atoms with E-state index < -0.39 is 0 Å². The van der Waals surface area contributed by atoms with Crippen molar-refractivity contribution < 1.29 is 14.3 Å². The van der Waals surface area contributed by atoms with Crippen LogP contribution in [0, 0.1) is 38.5 Å². The van der Waals surface area contributed by atoms with Crippen molar-refractivity contribution in [3.05, 3.63) is 22.3 Å². The molecule has 0 saturated carbocycles. The molecular formula is C34H58O3. The molecule has 0 aromatic heterocycles. The van der Waals surface area contributed by atoms with Crippen LogP contribution in [0.1, 0.15) is 141 Å². The van der Waals surface area contributed by atoms with Gasteiger partial charge in [-0.2, -0.15) is 0 Å². The van der Waals surface area contributed by atoms with Crippen LogP contribution in [0.5, 0.6) is 11.5 Å². The van der Waals surface area contributed by atoms with Gasteiger partial charge in [-0.1, -0.05) is 72.6 Å². The van der Waals surface area contributed by atoms with E-state index in [0.717, 1.165) is 54.9 Å². The maximum Gasteiger partial charge on any atom is 0.129 e. The molecule has 37 heavy (non-hydrogen) atoms. The standard InChI is InChI=1S/C34H58O3/c1-24(2)14-10-15-25(3)16-11-17-26(4)18-12-21-34(9)22-20-31-30(8)32(36-23-13-19-27(5)35)28(6)29(7)33(31)37-34/h24-26H,10-23H2,1-9H3/t25?,26-,34?/m1/s1. The summed E-state index contributed by atoms with van der Waals surface area (Å²) in [5, 5.41) is 0. The van der Waals surface area contributed by atoms with Crippen LogP contribution >= 0.6 is 0 Å². The molecule has 3 heteroatoms. The Balaban J connectivity index is 1.82. The topological polar surface area (TPSA) is 35.5 Å². The van der Waals surface area contributed by atoms with Crippen molar-refractivity contribution in [3.8, 4) is 11.5 Å². The van der Waals surface area contributed by atoms with Gasteiger partial charge in [0.15, 0.2) is 0 Å². The van der Waals surface area contributed by atoms with Crippen LogP contribution in [0.15, 0.2) is 0 Å². The zero-order valence-corrected chi connectivity index (χ0v) is 25.9. The molecule has 0 fully saturated rings. The van der Waals surface area contributed by atoms with Gasteiger partial charge >= 0.3 is 0 Å². The number of carbonyl (C=O) groups is 1. The molecule has 3 atom stereocenters. The maximum atomic E-state index is 11.3. The molecule has 3 nitrogen and oxygen atoms in total. The van der Waals surface area contributed by atoms with E-state index in [0.29, 0.717) is 13.0 Å². The molecule has 0 amide bonds. The van der Waals surface area contributed by atoms with E-state index in [2.05, 4.69) is 55.4 Å². The van der Waals surface area contributed by atoms with Crippen molar-refractivity contribution >= 4 is 5.78 Å². The number of ketones is 1. The molecule has 212 valence electrons. The van der Waals surface area contributed by atoms with Gasteiger partial charge in [0, 0.05) is 12.0 Å². The lowest BCUT2D eigenvalue weighted by molar-refractivity contribution is -0.117. The lowest BCUT2D eigenvalue weighted by Gasteiger charge is -2.38. The Morgan fingerprint density at radius 2 is 1.46 bits per heavy atom. The SMILES string of the molecule is CC(=O)CCCOc1c(C)c(C)c2c(c1C)CCC(C)(CCC[C@H](C)CCCC(C)CCCC(C)C)O2. The van der Waals surface area contributed by atoms with E-state index in [-0.39, 0.29) is 11.4 Å². The summed E-state index contributed by atoms with van der Waals surface area (Å²) in [5.41, 5.74) is 4.85. The van der Waals surface area contributed by atoms with Gasteiger partial charge in [0.05, 0.1) is 6.61 Å². The normalized spacial score (nSPS) is 18.9. The number of benzene rings is 1. The van der Waals surface area contributed by atoms with Crippen LogP contribution in [-0.4, -0.2) is 18.0 Å². The molecule has 0 N–H and O–H groups in total. The summed E-state index contributed by atoms with van der Waals surface area (Å²) in [6, 6.07) is 0. The zero-order valence-electron chi connectivity index (χ0n) is 25.9. The van der Waals surface area contributed by atoms with E-state index in [1.54, 1.807) is 6.92 Å². The Hall–Kier alpha value is -1.51. The minimum absolute atomic E-state index is 0.0782. The van der Waals surface area contributed by atoms with Crippen molar-refractivity contribution in [2.24, 2.45) is 17.8 Å². The second-order valence-electron chi connectivity index (χ2n) is 13.1. The van der Waals surface area contributed by atoms with Gasteiger partial charge in [-0.05, 0) is 101 Å². The van der Waals surface area contributed by atoms with Crippen LogP contribution in [0.3, 0.4) is 0 Å². The molecule has 0 bridgehead atoms. The monoisotopic (exact) mass is 514 g/mol. The zero-order chi connectivity index (χ0) is 27.6. The van der Waals surface area contributed by atoms with Crippen molar-refractivity contribution in [1.82, 2.24) is 0 Å². The number of Topliss-reactive ketones (excluding diaryl/α,β-unsaturated/α-hetero) is 1. The molecule has 1 aromatic rings. The van der Waals surface area contributed by atoms with Crippen LogP contribution in [0.4, 0.5) is 0 Å². The minimum Gasteiger partial charge on any atom is -0.493 e. The highest BCUT2D eigenvalue weighted by molar-refractivity contribution is 5.75. The maximum absolute atomic E-state index is 11.3. The molecule has 0 spiro atoms. The number of fused-ring (bicyclic) bond motifs is 1. The van der Waals surface area contributed by atoms with Crippen LogP contribution in [-0.2, 0) is 11.2 Å². The highest BCUT2D eigenvalue weighted by Gasteiger charge is 2.34. The molecule has 1 heterocycles. The Kier molecular flexibility index (Phi) is 13.0. The number of carbonyl (C=O) groups excluding carboxylic acids is 1. The molecule has 2 rings (SSSR count). The van der Waals surface area contributed by atoms with E-state index in [1.165, 1.54) is 73.6 Å². The lowest BCUT2D eigenvalue weighted by Crippen LogP contribution is -2.37. The van der Waals surface area contributed by atoms with Gasteiger partial charge < -0.3 is 14.3 Å². The van der Waals surface area contributed by atoms with Gasteiger partial charge in [-0.15, -0.1) is 0 Å². The average molecular weight is 515 g/mol. The first kappa shape index (κ1) is 31.7. The van der Waals surface area contributed by atoms with E-state index in [1.807, 2.05) is 0 Å². The van der Waals surface area contributed by atoms with Crippen LogP contribution in [0.25, 0.3) is 0 Å². The molecule has 1 aliphatic rings. The number of rotatable bonds is 17. The predicted octanol–water partition coefficient (Wildman–Crippen LogP) is 9.88. The molecule has 0 saturated heterocycles. The van der Waals surface area contributed by atoms with Crippen LogP contribution < -0.4 is 9.47 Å². The van der Waals surface area contributed by atoms with Gasteiger partial charge in [-0.25, -0.2) is 0 Å². The summed E-state index contributed by atoms with van der Waals surface area (Å²) >= 11 is 0. The number of hydrogen-bond donors (Lipinski definition) is 0. The highest BCUT2D eigenvalue weighted by atomic mass is 16.5. The predicted molar refractivity (Wildman–Crippen MR) is 158 cm³/mol. The molecular weight excluding hydrogens is 456 g/mol. The first-order chi connectivity index (χ1) is 17.4. The van der Waals surface area contributed by atoms with Crippen LogP contribution in [0.2, 0.25) is 0 Å². The Morgan fingerprint density at radius 3 is 2.05 bits per heavy atom. The molecule has 2 unspecified atom stereocenters.